The first-order chi connectivity index (χ1) is 13.7. The molecule has 1 N–H and O–H groups in total. The summed E-state index contributed by atoms with van der Waals surface area (Å²) >= 11 is 0. The molecule has 0 bridgehead atoms. The molecular formula is C24H31N3O. The maximum atomic E-state index is 12.6. The molecule has 2 heterocycles. The van der Waals surface area contributed by atoms with Crippen LogP contribution in [0.4, 0.5) is 0 Å². The van der Waals surface area contributed by atoms with Crippen LogP contribution in [0.2, 0.25) is 0 Å². The van der Waals surface area contributed by atoms with E-state index in [2.05, 4.69) is 40.6 Å². The predicted molar refractivity (Wildman–Crippen MR) is 113 cm³/mol. The highest BCUT2D eigenvalue weighted by Gasteiger charge is 2.40. The summed E-state index contributed by atoms with van der Waals surface area (Å²) in [5.41, 5.74) is 5.11. The molecule has 2 aliphatic rings. The van der Waals surface area contributed by atoms with Gasteiger partial charge < -0.3 is 10.2 Å². The van der Waals surface area contributed by atoms with Crippen LogP contribution in [0.15, 0.2) is 42.6 Å². The number of carbonyl (C=O) groups excluding carboxylic acids is 1. The number of hydrogen-bond acceptors (Lipinski definition) is 3. The maximum absolute atomic E-state index is 12.6. The van der Waals surface area contributed by atoms with Gasteiger partial charge in [0.15, 0.2) is 0 Å². The SMILES string of the molecule is CCN(CC)C(=O)c1ccc(C2CC3(CCNCC3)Cc3ccccc32)cn1. The number of pyridine rings is 1. The first-order valence-corrected chi connectivity index (χ1v) is 10.7. The Kier molecular flexibility index (Phi) is 5.49. The summed E-state index contributed by atoms with van der Waals surface area (Å²) in [6.45, 7) is 7.67. The van der Waals surface area contributed by atoms with Crippen molar-refractivity contribution in [3.05, 3.63) is 65.0 Å². The molecule has 0 saturated carbocycles. The van der Waals surface area contributed by atoms with Crippen molar-refractivity contribution in [1.82, 2.24) is 15.2 Å². The highest BCUT2D eigenvalue weighted by Crippen LogP contribution is 2.49. The van der Waals surface area contributed by atoms with Crippen LogP contribution in [0, 0.1) is 5.41 Å². The van der Waals surface area contributed by atoms with Crippen molar-refractivity contribution in [3.8, 4) is 0 Å². The largest absolute Gasteiger partial charge is 0.338 e. The smallest absolute Gasteiger partial charge is 0.272 e. The molecule has 4 rings (SSSR count). The quantitative estimate of drug-likeness (QED) is 0.876. The van der Waals surface area contributed by atoms with Crippen LogP contribution >= 0.6 is 0 Å². The topological polar surface area (TPSA) is 45.2 Å². The van der Waals surface area contributed by atoms with Gasteiger partial charge in [0.1, 0.15) is 5.69 Å². The summed E-state index contributed by atoms with van der Waals surface area (Å²) in [6, 6.07) is 12.9. The van der Waals surface area contributed by atoms with E-state index in [-0.39, 0.29) is 5.91 Å². The average molecular weight is 378 g/mol. The third kappa shape index (κ3) is 3.58. The Bertz CT molecular complexity index is 820. The van der Waals surface area contributed by atoms with E-state index in [0.717, 1.165) is 13.1 Å². The van der Waals surface area contributed by atoms with Crippen LogP contribution in [-0.2, 0) is 6.42 Å². The molecule has 28 heavy (non-hydrogen) atoms. The van der Waals surface area contributed by atoms with E-state index in [1.54, 1.807) is 0 Å². The number of amides is 1. The summed E-state index contributed by atoms with van der Waals surface area (Å²) in [4.78, 5) is 19.0. The molecule has 0 radical (unpaired) electrons. The van der Waals surface area contributed by atoms with Crippen LogP contribution in [0.1, 0.15) is 66.2 Å². The van der Waals surface area contributed by atoms with Crippen LogP contribution in [0.5, 0.6) is 0 Å². The lowest BCUT2D eigenvalue weighted by Gasteiger charge is -2.45. The Morgan fingerprint density at radius 3 is 2.57 bits per heavy atom. The minimum absolute atomic E-state index is 0.0235. The van der Waals surface area contributed by atoms with Gasteiger partial charge in [-0.1, -0.05) is 30.3 Å². The summed E-state index contributed by atoms with van der Waals surface area (Å²) in [7, 11) is 0. The van der Waals surface area contributed by atoms with E-state index in [0.29, 0.717) is 30.1 Å². The molecule has 1 spiro atoms. The van der Waals surface area contributed by atoms with Crippen molar-refractivity contribution < 1.29 is 4.79 Å². The number of aromatic nitrogens is 1. The fourth-order valence-corrected chi connectivity index (χ4v) is 5.10. The minimum Gasteiger partial charge on any atom is -0.338 e. The number of nitrogens with zero attached hydrogens (tertiary/aromatic N) is 2. The summed E-state index contributed by atoms with van der Waals surface area (Å²) in [6.07, 6.45) is 6.79. The lowest BCUT2D eigenvalue weighted by molar-refractivity contribution is 0.0767. The normalized spacial score (nSPS) is 20.6. The second-order valence-electron chi connectivity index (χ2n) is 8.34. The number of carbonyl (C=O) groups is 1. The van der Waals surface area contributed by atoms with Crippen LogP contribution < -0.4 is 5.32 Å². The summed E-state index contributed by atoms with van der Waals surface area (Å²) in [5, 5.41) is 3.52. The lowest BCUT2D eigenvalue weighted by atomic mass is 9.62. The maximum Gasteiger partial charge on any atom is 0.272 e. The van der Waals surface area contributed by atoms with Gasteiger partial charge in [0.25, 0.3) is 5.91 Å². The number of benzene rings is 1. The molecule has 1 atom stereocenters. The molecule has 148 valence electrons. The zero-order chi connectivity index (χ0) is 19.6. The first kappa shape index (κ1) is 19.1. The third-order valence-electron chi connectivity index (χ3n) is 6.76. The Hall–Kier alpha value is -2.20. The first-order valence-electron chi connectivity index (χ1n) is 10.7. The second kappa shape index (κ2) is 8.04. The number of nitrogens with one attached hydrogen (secondary N) is 1. The molecule has 1 aromatic heterocycles. The third-order valence-corrected chi connectivity index (χ3v) is 6.76. The highest BCUT2D eigenvalue weighted by atomic mass is 16.2. The van der Waals surface area contributed by atoms with Crippen LogP contribution in [-0.4, -0.2) is 42.0 Å². The van der Waals surface area contributed by atoms with E-state index in [1.807, 2.05) is 31.0 Å². The Labute approximate surface area is 168 Å². The fraction of sp³-hybridized carbons (Fsp3) is 0.500. The molecule has 2 aromatic rings. The molecule has 1 aliphatic carbocycles. The Morgan fingerprint density at radius 1 is 1.14 bits per heavy atom. The zero-order valence-electron chi connectivity index (χ0n) is 17.1. The van der Waals surface area contributed by atoms with Crippen molar-refractivity contribution in [1.29, 1.82) is 0 Å². The van der Waals surface area contributed by atoms with E-state index < -0.39 is 0 Å². The zero-order valence-corrected chi connectivity index (χ0v) is 17.1. The average Bonchev–Trinajstić information content (AvgIpc) is 2.74. The van der Waals surface area contributed by atoms with E-state index in [9.17, 15) is 4.79 Å². The molecule has 1 unspecified atom stereocenters. The van der Waals surface area contributed by atoms with Gasteiger partial charge >= 0.3 is 0 Å². The molecule has 4 heteroatoms. The minimum atomic E-state index is 0.0235. The monoisotopic (exact) mass is 377 g/mol. The lowest BCUT2D eigenvalue weighted by Crippen LogP contribution is -2.41. The molecule has 1 fully saturated rings. The van der Waals surface area contributed by atoms with E-state index >= 15 is 0 Å². The second-order valence-corrected chi connectivity index (χ2v) is 8.34. The number of piperidine rings is 1. The van der Waals surface area contributed by atoms with Crippen molar-refractivity contribution in [2.24, 2.45) is 5.41 Å². The predicted octanol–water partition coefficient (Wildman–Crippen LogP) is 4.01. The van der Waals surface area contributed by atoms with Gasteiger partial charge in [-0.05, 0) is 80.8 Å². The number of rotatable bonds is 4. The summed E-state index contributed by atoms with van der Waals surface area (Å²) < 4.78 is 0. The van der Waals surface area contributed by atoms with Gasteiger partial charge in [0.05, 0.1) is 0 Å². The molecule has 1 aromatic carbocycles. The van der Waals surface area contributed by atoms with Crippen molar-refractivity contribution in [2.75, 3.05) is 26.2 Å². The standard InChI is InChI=1S/C24H31N3O/c1-3-27(4-2)23(28)22-10-9-19(17-26-22)21-16-24(11-13-25-14-12-24)15-18-7-5-6-8-20(18)21/h5-10,17,21,25H,3-4,11-16H2,1-2H3. The van der Waals surface area contributed by atoms with E-state index in [1.165, 1.54) is 42.4 Å². The highest BCUT2D eigenvalue weighted by molar-refractivity contribution is 5.92. The van der Waals surface area contributed by atoms with Gasteiger partial charge in [0, 0.05) is 25.2 Å². The van der Waals surface area contributed by atoms with Gasteiger partial charge in [0.2, 0.25) is 0 Å². The van der Waals surface area contributed by atoms with Crippen LogP contribution in [0.25, 0.3) is 0 Å². The molecule has 1 saturated heterocycles. The Balaban J connectivity index is 1.64. The van der Waals surface area contributed by atoms with Crippen LogP contribution in [0.3, 0.4) is 0 Å². The van der Waals surface area contributed by atoms with Crippen molar-refractivity contribution >= 4 is 5.91 Å². The van der Waals surface area contributed by atoms with Crippen molar-refractivity contribution in [3.63, 3.8) is 0 Å². The molecule has 1 aliphatic heterocycles. The van der Waals surface area contributed by atoms with Crippen molar-refractivity contribution in [2.45, 2.75) is 45.4 Å². The Morgan fingerprint density at radius 2 is 1.89 bits per heavy atom. The van der Waals surface area contributed by atoms with Gasteiger partial charge in [-0.2, -0.15) is 0 Å². The molecule has 4 nitrogen and oxygen atoms in total. The summed E-state index contributed by atoms with van der Waals surface area (Å²) in [5.74, 6) is 0.392. The number of hydrogen-bond donors (Lipinski definition) is 1. The molecular weight excluding hydrogens is 346 g/mol. The van der Waals surface area contributed by atoms with E-state index in [4.69, 9.17) is 0 Å². The number of fused-ring (bicyclic) bond motifs is 1. The van der Waals surface area contributed by atoms with Gasteiger partial charge in [-0.15, -0.1) is 0 Å². The van der Waals surface area contributed by atoms with Gasteiger partial charge in [-0.3, -0.25) is 9.78 Å². The fourth-order valence-electron chi connectivity index (χ4n) is 5.10. The van der Waals surface area contributed by atoms with Gasteiger partial charge in [-0.25, -0.2) is 0 Å². The molecule has 1 amide bonds.